The number of halogens is 1. The fourth-order valence-corrected chi connectivity index (χ4v) is 2.51. The molecule has 1 atom stereocenters. The number of aryl methyl sites for hydroxylation is 1. The van der Waals surface area contributed by atoms with Crippen molar-refractivity contribution in [2.24, 2.45) is 0 Å². The monoisotopic (exact) mass is 274 g/mol. The highest BCUT2D eigenvalue weighted by atomic mass is 35.5. The van der Waals surface area contributed by atoms with Crippen molar-refractivity contribution in [3.63, 3.8) is 0 Å². The summed E-state index contributed by atoms with van der Waals surface area (Å²) in [5.74, 6) is 0.421. The van der Waals surface area contributed by atoms with Crippen molar-refractivity contribution in [2.45, 2.75) is 19.3 Å². The third kappa shape index (κ3) is 3.79. The quantitative estimate of drug-likeness (QED) is 0.901. The van der Waals surface area contributed by atoms with Gasteiger partial charge in [-0.3, -0.25) is 4.98 Å². The normalized spacial score (nSPS) is 12.4. The van der Waals surface area contributed by atoms with E-state index in [-0.39, 0.29) is 0 Å². The lowest BCUT2D eigenvalue weighted by Gasteiger charge is -2.18. The van der Waals surface area contributed by atoms with Crippen LogP contribution in [0.5, 0.6) is 0 Å². The Morgan fingerprint density at radius 1 is 1.32 bits per heavy atom. The second-order valence-corrected chi connectivity index (χ2v) is 5.25. The maximum atomic E-state index is 6.20. The Kier molecular flexibility index (Phi) is 4.94. The minimum absolute atomic E-state index is 0.421. The summed E-state index contributed by atoms with van der Waals surface area (Å²) < 4.78 is 0. The summed E-state index contributed by atoms with van der Waals surface area (Å²) in [5, 5.41) is 4.01. The van der Waals surface area contributed by atoms with Gasteiger partial charge in [0.05, 0.1) is 5.02 Å². The van der Waals surface area contributed by atoms with Crippen LogP contribution in [0.2, 0.25) is 5.02 Å². The van der Waals surface area contributed by atoms with E-state index in [1.54, 1.807) is 12.4 Å². The average molecular weight is 275 g/mol. The SMILES string of the molecule is CNCC(Cc1ccncc1Cl)c1cccc(C)c1. The first kappa shape index (κ1) is 14.0. The highest BCUT2D eigenvalue weighted by Gasteiger charge is 2.13. The topological polar surface area (TPSA) is 24.9 Å². The van der Waals surface area contributed by atoms with Crippen LogP contribution >= 0.6 is 11.6 Å². The van der Waals surface area contributed by atoms with Crippen LogP contribution in [0.3, 0.4) is 0 Å². The Bertz CT molecular complexity index is 540. The van der Waals surface area contributed by atoms with Crippen molar-refractivity contribution in [3.8, 4) is 0 Å². The molecule has 0 spiro atoms. The Labute approximate surface area is 119 Å². The molecule has 2 rings (SSSR count). The molecule has 0 radical (unpaired) electrons. The lowest BCUT2D eigenvalue weighted by molar-refractivity contribution is 0.625. The van der Waals surface area contributed by atoms with Gasteiger partial charge < -0.3 is 5.32 Å². The molecule has 0 saturated carbocycles. The van der Waals surface area contributed by atoms with Gasteiger partial charge >= 0.3 is 0 Å². The number of hydrogen-bond donors (Lipinski definition) is 1. The van der Waals surface area contributed by atoms with E-state index in [4.69, 9.17) is 11.6 Å². The van der Waals surface area contributed by atoms with Gasteiger partial charge in [0.25, 0.3) is 0 Å². The van der Waals surface area contributed by atoms with Crippen LogP contribution in [0, 0.1) is 6.92 Å². The van der Waals surface area contributed by atoms with Gasteiger partial charge in [0.1, 0.15) is 0 Å². The number of nitrogens with zero attached hydrogens (tertiary/aromatic N) is 1. The van der Waals surface area contributed by atoms with E-state index in [0.29, 0.717) is 5.92 Å². The molecule has 19 heavy (non-hydrogen) atoms. The van der Waals surface area contributed by atoms with Gasteiger partial charge in [0, 0.05) is 24.9 Å². The van der Waals surface area contributed by atoms with Gasteiger partial charge in [0.2, 0.25) is 0 Å². The predicted molar refractivity (Wildman–Crippen MR) is 80.8 cm³/mol. The minimum atomic E-state index is 0.421. The fraction of sp³-hybridized carbons (Fsp3) is 0.312. The van der Waals surface area contributed by atoms with Gasteiger partial charge in [-0.2, -0.15) is 0 Å². The van der Waals surface area contributed by atoms with Crippen molar-refractivity contribution in [2.75, 3.05) is 13.6 Å². The van der Waals surface area contributed by atoms with Crippen molar-refractivity contribution >= 4 is 11.6 Å². The molecular weight excluding hydrogens is 256 g/mol. The molecule has 0 bridgehead atoms. The molecule has 100 valence electrons. The second-order valence-electron chi connectivity index (χ2n) is 4.84. The zero-order valence-electron chi connectivity index (χ0n) is 11.4. The maximum absolute atomic E-state index is 6.20. The molecule has 1 unspecified atom stereocenters. The number of aromatic nitrogens is 1. The number of benzene rings is 1. The van der Waals surface area contributed by atoms with Crippen LogP contribution in [0.25, 0.3) is 0 Å². The Hall–Kier alpha value is -1.38. The largest absolute Gasteiger partial charge is 0.319 e. The summed E-state index contributed by atoms with van der Waals surface area (Å²) in [7, 11) is 1.98. The van der Waals surface area contributed by atoms with Crippen molar-refractivity contribution in [1.82, 2.24) is 10.3 Å². The highest BCUT2D eigenvalue weighted by molar-refractivity contribution is 6.31. The van der Waals surface area contributed by atoms with Gasteiger partial charge in [0.15, 0.2) is 0 Å². The van der Waals surface area contributed by atoms with E-state index in [0.717, 1.165) is 23.6 Å². The first-order chi connectivity index (χ1) is 9.20. The zero-order valence-corrected chi connectivity index (χ0v) is 12.1. The maximum Gasteiger partial charge on any atom is 0.0621 e. The molecular formula is C16H19ClN2. The molecule has 0 amide bonds. The summed E-state index contributed by atoms with van der Waals surface area (Å²) >= 11 is 6.20. The van der Waals surface area contributed by atoms with Gasteiger partial charge in [-0.15, -0.1) is 0 Å². The smallest absolute Gasteiger partial charge is 0.0621 e. The van der Waals surface area contributed by atoms with Crippen molar-refractivity contribution in [1.29, 1.82) is 0 Å². The number of likely N-dealkylation sites (N-methyl/N-ethyl adjacent to an activating group) is 1. The average Bonchev–Trinajstić information content (AvgIpc) is 2.40. The molecule has 1 aromatic heterocycles. The van der Waals surface area contributed by atoms with Crippen LogP contribution in [0.1, 0.15) is 22.6 Å². The number of hydrogen-bond acceptors (Lipinski definition) is 2. The first-order valence-electron chi connectivity index (χ1n) is 6.50. The second kappa shape index (κ2) is 6.69. The zero-order chi connectivity index (χ0) is 13.7. The van der Waals surface area contributed by atoms with E-state index in [1.807, 2.05) is 13.1 Å². The lowest BCUT2D eigenvalue weighted by Crippen LogP contribution is -2.19. The molecule has 1 heterocycles. The highest BCUT2D eigenvalue weighted by Crippen LogP contribution is 2.24. The fourth-order valence-electron chi connectivity index (χ4n) is 2.31. The van der Waals surface area contributed by atoms with Crippen molar-refractivity contribution < 1.29 is 0 Å². The standard InChI is InChI=1S/C16H19ClN2/c1-12-4-3-5-13(8-12)15(10-18-2)9-14-6-7-19-11-16(14)17/h3-8,11,15,18H,9-10H2,1-2H3. The van der Waals surface area contributed by atoms with E-state index in [2.05, 4.69) is 41.5 Å². The van der Waals surface area contributed by atoms with Crippen molar-refractivity contribution in [3.05, 3.63) is 64.4 Å². The summed E-state index contributed by atoms with van der Waals surface area (Å²) in [6, 6.07) is 10.7. The van der Waals surface area contributed by atoms with Gasteiger partial charge in [-0.1, -0.05) is 41.4 Å². The first-order valence-corrected chi connectivity index (χ1v) is 6.88. The molecule has 0 aliphatic rings. The molecule has 0 aliphatic heterocycles. The molecule has 0 saturated heterocycles. The number of rotatable bonds is 5. The number of pyridine rings is 1. The molecule has 2 aromatic rings. The predicted octanol–water partition coefficient (Wildman–Crippen LogP) is 3.59. The van der Waals surface area contributed by atoms with E-state index in [9.17, 15) is 0 Å². The van der Waals surface area contributed by atoms with E-state index in [1.165, 1.54) is 11.1 Å². The molecule has 2 nitrogen and oxygen atoms in total. The molecule has 0 aliphatic carbocycles. The van der Waals surface area contributed by atoms with Crippen LogP contribution in [0.15, 0.2) is 42.7 Å². The van der Waals surface area contributed by atoms with Crippen LogP contribution in [0.4, 0.5) is 0 Å². The molecule has 1 aromatic carbocycles. The third-order valence-corrected chi connectivity index (χ3v) is 3.63. The Morgan fingerprint density at radius 2 is 2.16 bits per heavy atom. The number of nitrogens with one attached hydrogen (secondary N) is 1. The summed E-state index contributed by atoms with van der Waals surface area (Å²) in [5.41, 5.74) is 3.79. The Morgan fingerprint density at radius 3 is 2.84 bits per heavy atom. The molecule has 3 heteroatoms. The lowest BCUT2D eigenvalue weighted by atomic mass is 9.91. The van der Waals surface area contributed by atoms with Crippen LogP contribution in [-0.2, 0) is 6.42 Å². The minimum Gasteiger partial charge on any atom is -0.319 e. The van der Waals surface area contributed by atoms with Crippen LogP contribution in [-0.4, -0.2) is 18.6 Å². The molecule has 1 N–H and O–H groups in total. The molecule has 0 fully saturated rings. The van der Waals surface area contributed by atoms with E-state index >= 15 is 0 Å². The summed E-state index contributed by atoms with van der Waals surface area (Å²) in [6.07, 6.45) is 4.43. The van der Waals surface area contributed by atoms with Gasteiger partial charge in [-0.05, 0) is 37.6 Å². The van der Waals surface area contributed by atoms with E-state index < -0.39 is 0 Å². The third-order valence-electron chi connectivity index (χ3n) is 3.29. The Balaban J connectivity index is 2.24. The summed E-state index contributed by atoms with van der Waals surface area (Å²) in [6.45, 7) is 3.06. The van der Waals surface area contributed by atoms with Crippen LogP contribution < -0.4 is 5.32 Å². The summed E-state index contributed by atoms with van der Waals surface area (Å²) in [4.78, 5) is 4.04. The van der Waals surface area contributed by atoms with Gasteiger partial charge in [-0.25, -0.2) is 0 Å².